The third-order valence-corrected chi connectivity index (χ3v) is 3.17. The second-order valence-electron chi connectivity index (χ2n) is 4.55. The van der Waals surface area contributed by atoms with Crippen molar-refractivity contribution < 1.29 is 14.3 Å². The van der Waals surface area contributed by atoms with E-state index in [1.165, 1.54) is 0 Å². The van der Waals surface area contributed by atoms with Crippen LogP contribution in [0.4, 0.5) is 0 Å². The van der Waals surface area contributed by atoms with Crippen molar-refractivity contribution in [3.05, 3.63) is 66.5 Å². The molecular weight excluding hydrogens is 316 g/mol. The van der Waals surface area contributed by atoms with Crippen LogP contribution in [-0.2, 0) is 0 Å². The van der Waals surface area contributed by atoms with Crippen molar-refractivity contribution in [3.63, 3.8) is 0 Å². The van der Waals surface area contributed by atoms with E-state index >= 15 is 0 Å². The summed E-state index contributed by atoms with van der Waals surface area (Å²) in [6.07, 6.45) is 3.37. The van der Waals surface area contributed by atoms with Gasteiger partial charge in [0.2, 0.25) is 0 Å². The van der Waals surface area contributed by atoms with Gasteiger partial charge >= 0.3 is 5.97 Å². The van der Waals surface area contributed by atoms with Crippen LogP contribution < -0.4 is 9.47 Å². The number of imidazole rings is 1. The van der Waals surface area contributed by atoms with Crippen LogP contribution in [0.3, 0.4) is 0 Å². The highest BCUT2D eigenvalue weighted by atomic mass is 35.5. The van der Waals surface area contributed by atoms with Gasteiger partial charge in [-0.25, -0.2) is 9.78 Å². The maximum absolute atomic E-state index is 12.2. The molecule has 118 valence electrons. The van der Waals surface area contributed by atoms with Crippen molar-refractivity contribution in [2.24, 2.45) is 0 Å². The number of hydrogen-bond acceptors (Lipinski definition) is 4. The molecule has 0 spiro atoms. The minimum atomic E-state index is -0.429. The summed E-state index contributed by atoms with van der Waals surface area (Å²) >= 11 is 0. The second-order valence-corrected chi connectivity index (χ2v) is 4.55. The maximum atomic E-state index is 12.2. The SMILES string of the molecule is COc1ccc(C(=O)Oc2ccccc2-c2ncc[nH]2)cc1.Cl. The number of rotatable bonds is 4. The van der Waals surface area contributed by atoms with Gasteiger partial charge in [0, 0.05) is 12.4 Å². The van der Waals surface area contributed by atoms with Crippen LogP contribution in [0.15, 0.2) is 60.9 Å². The standard InChI is InChI=1S/C17H14N2O3.ClH/c1-21-13-8-6-12(7-9-13)17(20)22-15-5-3-2-4-14(15)16-18-10-11-19-16;/h2-11H,1H3,(H,18,19);1H. The van der Waals surface area contributed by atoms with E-state index in [0.717, 1.165) is 5.56 Å². The molecule has 1 N–H and O–H groups in total. The van der Waals surface area contributed by atoms with Crippen LogP contribution in [-0.4, -0.2) is 23.0 Å². The number of ether oxygens (including phenoxy) is 2. The Bertz CT molecular complexity index is 771. The average Bonchev–Trinajstić information content (AvgIpc) is 3.10. The molecule has 0 aliphatic heterocycles. The number of nitrogens with one attached hydrogen (secondary N) is 1. The number of esters is 1. The van der Waals surface area contributed by atoms with Gasteiger partial charge in [-0.1, -0.05) is 12.1 Å². The molecule has 0 aliphatic carbocycles. The quantitative estimate of drug-likeness (QED) is 0.585. The molecule has 0 saturated carbocycles. The molecule has 3 rings (SSSR count). The first-order valence-electron chi connectivity index (χ1n) is 6.73. The Labute approximate surface area is 139 Å². The van der Waals surface area contributed by atoms with Crippen LogP contribution in [0.25, 0.3) is 11.4 Å². The Morgan fingerprint density at radius 2 is 1.83 bits per heavy atom. The fourth-order valence-corrected chi connectivity index (χ4v) is 2.05. The molecule has 23 heavy (non-hydrogen) atoms. The van der Waals surface area contributed by atoms with Crippen molar-refractivity contribution in [1.29, 1.82) is 0 Å². The summed E-state index contributed by atoms with van der Waals surface area (Å²) in [5.41, 5.74) is 1.18. The number of nitrogens with zero attached hydrogens (tertiary/aromatic N) is 1. The Hall–Kier alpha value is -2.79. The number of para-hydroxylation sites is 1. The normalized spacial score (nSPS) is 9.78. The molecule has 1 heterocycles. The van der Waals surface area contributed by atoms with Crippen molar-refractivity contribution in [2.45, 2.75) is 0 Å². The molecule has 5 nitrogen and oxygen atoms in total. The predicted octanol–water partition coefficient (Wildman–Crippen LogP) is 3.73. The zero-order valence-electron chi connectivity index (χ0n) is 12.4. The first-order chi connectivity index (χ1) is 10.8. The molecule has 0 amide bonds. The number of carbonyl (C=O) groups excluding carboxylic acids is 1. The summed E-state index contributed by atoms with van der Waals surface area (Å²) in [7, 11) is 1.58. The van der Waals surface area contributed by atoms with E-state index < -0.39 is 5.97 Å². The summed E-state index contributed by atoms with van der Waals surface area (Å²) in [5, 5.41) is 0. The highest BCUT2D eigenvalue weighted by Gasteiger charge is 2.13. The summed E-state index contributed by atoms with van der Waals surface area (Å²) in [6.45, 7) is 0. The monoisotopic (exact) mass is 330 g/mol. The first-order valence-corrected chi connectivity index (χ1v) is 6.73. The Kier molecular flexibility index (Phi) is 5.38. The van der Waals surface area contributed by atoms with E-state index in [0.29, 0.717) is 22.9 Å². The fourth-order valence-electron chi connectivity index (χ4n) is 2.05. The van der Waals surface area contributed by atoms with Crippen LogP contribution >= 0.6 is 12.4 Å². The second kappa shape index (κ2) is 7.47. The summed E-state index contributed by atoms with van der Waals surface area (Å²) < 4.78 is 10.6. The van der Waals surface area contributed by atoms with Crippen molar-refractivity contribution in [1.82, 2.24) is 9.97 Å². The van der Waals surface area contributed by atoms with Gasteiger partial charge in [-0.2, -0.15) is 0 Å². The summed E-state index contributed by atoms with van der Waals surface area (Å²) in [6, 6.07) is 14.0. The molecule has 1 aromatic heterocycles. The van der Waals surface area contributed by atoms with Gasteiger partial charge in [0.05, 0.1) is 18.2 Å². The van der Waals surface area contributed by atoms with Gasteiger partial charge in [0.15, 0.2) is 0 Å². The number of hydrogen-bond donors (Lipinski definition) is 1. The van der Waals surface area contributed by atoms with Crippen LogP contribution in [0.1, 0.15) is 10.4 Å². The zero-order valence-corrected chi connectivity index (χ0v) is 13.2. The topological polar surface area (TPSA) is 64.2 Å². The molecule has 0 fully saturated rings. The number of benzene rings is 2. The Morgan fingerprint density at radius 3 is 2.48 bits per heavy atom. The number of aromatic amines is 1. The molecule has 2 aromatic carbocycles. The lowest BCUT2D eigenvalue weighted by molar-refractivity contribution is 0.0735. The van der Waals surface area contributed by atoms with Crippen molar-refractivity contribution in [3.8, 4) is 22.9 Å². The third kappa shape index (κ3) is 3.70. The molecule has 0 saturated heterocycles. The van der Waals surface area contributed by atoms with Crippen molar-refractivity contribution in [2.75, 3.05) is 7.11 Å². The van der Waals surface area contributed by atoms with Gasteiger partial charge in [-0.3, -0.25) is 0 Å². The predicted molar refractivity (Wildman–Crippen MR) is 89.2 cm³/mol. The number of methoxy groups -OCH3 is 1. The van der Waals surface area contributed by atoms with Gasteiger partial charge in [0.1, 0.15) is 17.3 Å². The van der Waals surface area contributed by atoms with Crippen molar-refractivity contribution >= 4 is 18.4 Å². The summed E-state index contributed by atoms with van der Waals surface area (Å²) in [5.74, 6) is 1.37. The van der Waals surface area contributed by atoms with Gasteiger partial charge in [-0.05, 0) is 36.4 Å². The number of aromatic nitrogens is 2. The summed E-state index contributed by atoms with van der Waals surface area (Å²) in [4.78, 5) is 19.4. The number of carbonyl (C=O) groups is 1. The molecule has 0 radical (unpaired) electrons. The van der Waals surface area contributed by atoms with Crippen LogP contribution in [0.5, 0.6) is 11.5 Å². The lowest BCUT2D eigenvalue weighted by Gasteiger charge is -2.08. The molecule has 3 aromatic rings. The highest BCUT2D eigenvalue weighted by Crippen LogP contribution is 2.27. The van der Waals surface area contributed by atoms with E-state index in [-0.39, 0.29) is 12.4 Å². The van der Waals surface area contributed by atoms with Gasteiger partial charge < -0.3 is 14.5 Å². The number of H-pyrrole nitrogens is 1. The zero-order chi connectivity index (χ0) is 15.4. The molecule has 6 heteroatoms. The first kappa shape index (κ1) is 16.6. The molecular formula is C17H15ClN2O3. The number of halogens is 1. The van der Waals surface area contributed by atoms with E-state index in [9.17, 15) is 4.79 Å². The molecule has 0 atom stereocenters. The smallest absolute Gasteiger partial charge is 0.343 e. The van der Waals surface area contributed by atoms with Gasteiger partial charge in [-0.15, -0.1) is 12.4 Å². The fraction of sp³-hybridized carbons (Fsp3) is 0.0588. The van der Waals surface area contributed by atoms with Crippen LogP contribution in [0.2, 0.25) is 0 Å². The Morgan fingerprint density at radius 1 is 1.09 bits per heavy atom. The van der Waals surface area contributed by atoms with E-state index in [2.05, 4.69) is 9.97 Å². The minimum absolute atomic E-state index is 0. The highest BCUT2D eigenvalue weighted by molar-refractivity contribution is 5.92. The average molecular weight is 331 g/mol. The van der Waals surface area contributed by atoms with Gasteiger partial charge in [0.25, 0.3) is 0 Å². The van der Waals surface area contributed by atoms with Crippen LogP contribution in [0, 0.1) is 0 Å². The van der Waals surface area contributed by atoms with E-state index in [1.807, 2.05) is 18.2 Å². The third-order valence-electron chi connectivity index (χ3n) is 3.17. The molecule has 0 aliphatic rings. The molecule has 0 unspecified atom stereocenters. The largest absolute Gasteiger partial charge is 0.497 e. The molecule has 0 bridgehead atoms. The Balaban J connectivity index is 0.00000192. The maximum Gasteiger partial charge on any atom is 0.343 e. The lowest BCUT2D eigenvalue weighted by atomic mass is 10.2. The van der Waals surface area contributed by atoms with E-state index in [4.69, 9.17) is 9.47 Å². The minimum Gasteiger partial charge on any atom is -0.497 e. The van der Waals surface area contributed by atoms with E-state index in [1.54, 1.807) is 49.8 Å². The lowest BCUT2D eigenvalue weighted by Crippen LogP contribution is -2.09.